The molecular weight excluding hydrogens is 256 g/mol. The molecule has 2 rings (SSSR count). The van der Waals surface area contributed by atoms with E-state index in [-0.39, 0.29) is 12.3 Å². The van der Waals surface area contributed by atoms with E-state index in [1.807, 2.05) is 13.8 Å². The lowest BCUT2D eigenvalue weighted by atomic mass is 9.65. The lowest BCUT2D eigenvalue weighted by Gasteiger charge is -2.53. The molecule has 1 heterocycles. The Hall–Kier alpha value is -0.180. The van der Waals surface area contributed by atoms with E-state index in [0.29, 0.717) is 5.41 Å². The normalized spacial score (nSPS) is 23.4. The highest BCUT2D eigenvalue weighted by molar-refractivity contribution is 4.97. The SMILES string of the molecule is CC.CCN1CC2(CCC(CC(F)(F)C(C)C)CC2)C1. The van der Waals surface area contributed by atoms with Crippen LogP contribution in [0.3, 0.4) is 0 Å². The van der Waals surface area contributed by atoms with Crippen LogP contribution >= 0.6 is 0 Å². The largest absolute Gasteiger partial charge is 0.302 e. The van der Waals surface area contributed by atoms with Crippen LogP contribution in [0.4, 0.5) is 8.78 Å². The molecule has 0 aromatic carbocycles. The molecule has 0 atom stereocenters. The predicted octanol–water partition coefficient (Wildman–Crippen LogP) is 5.21. The molecular formula is C17H33F2N. The van der Waals surface area contributed by atoms with Crippen molar-refractivity contribution in [3.05, 3.63) is 0 Å². The Labute approximate surface area is 124 Å². The van der Waals surface area contributed by atoms with E-state index in [1.165, 1.54) is 25.9 Å². The van der Waals surface area contributed by atoms with Gasteiger partial charge in [0.25, 0.3) is 5.92 Å². The highest BCUT2D eigenvalue weighted by Crippen LogP contribution is 2.48. The minimum atomic E-state index is -2.47. The topological polar surface area (TPSA) is 3.24 Å². The smallest absolute Gasteiger partial charge is 0.250 e. The minimum absolute atomic E-state index is 0.109. The molecule has 120 valence electrons. The highest BCUT2D eigenvalue weighted by atomic mass is 19.3. The fourth-order valence-corrected chi connectivity index (χ4v) is 3.56. The summed E-state index contributed by atoms with van der Waals surface area (Å²) in [6.07, 6.45) is 4.47. The van der Waals surface area contributed by atoms with Crippen LogP contribution in [0.1, 0.15) is 66.7 Å². The standard InChI is InChI=1S/C15H27F2N.C2H6/c1-4-18-10-14(11-18)7-5-13(6-8-14)9-15(16,17)12(2)3;1-2/h12-13H,4-11H2,1-3H3;1-2H3. The Bertz CT molecular complexity index is 273. The Kier molecular flexibility index (Phi) is 6.43. The van der Waals surface area contributed by atoms with Crippen LogP contribution in [0.25, 0.3) is 0 Å². The molecule has 1 aliphatic heterocycles. The zero-order chi connectivity index (χ0) is 15.4. The molecule has 1 nitrogen and oxygen atoms in total. The van der Waals surface area contributed by atoms with E-state index >= 15 is 0 Å². The maximum atomic E-state index is 13.7. The molecule has 0 unspecified atom stereocenters. The summed E-state index contributed by atoms with van der Waals surface area (Å²) in [7, 11) is 0. The van der Waals surface area contributed by atoms with Crippen molar-refractivity contribution in [2.45, 2.75) is 72.6 Å². The van der Waals surface area contributed by atoms with Gasteiger partial charge in [0.05, 0.1) is 0 Å². The Morgan fingerprint density at radius 2 is 1.65 bits per heavy atom. The van der Waals surface area contributed by atoms with Gasteiger partial charge in [-0.05, 0) is 43.6 Å². The molecule has 1 saturated carbocycles. The summed E-state index contributed by atoms with van der Waals surface area (Å²) >= 11 is 0. The van der Waals surface area contributed by atoms with Gasteiger partial charge in [0, 0.05) is 25.4 Å². The van der Waals surface area contributed by atoms with Gasteiger partial charge in [0.15, 0.2) is 0 Å². The average molecular weight is 289 g/mol. The maximum Gasteiger partial charge on any atom is 0.250 e. The summed E-state index contributed by atoms with van der Waals surface area (Å²) in [5.41, 5.74) is 0.500. The first kappa shape index (κ1) is 17.9. The predicted molar refractivity (Wildman–Crippen MR) is 82.3 cm³/mol. The average Bonchev–Trinajstić information content (AvgIpc) is 2.39. The number of likely N-dealkylation sites (tertiary alicyclic amines) is 1. The lowest BCUT2D eigenvalue weighted by Crippen LogP contribution is -2.57. The highest BCUT2D eigenvalue weighted by Gasteiger charge is 2.46. The van der Waals surface area contributed by atoms with Crippen LogP contribution in [0.2, 0.25) is 0 Å². The molecule has 1 spiro atoms. The summed E-state index contributed by atoms with van der Waals surface area (Å²) < 4.78 is 27.5. The molecule has 0 amide bonds. The van der Waals surface area contributed by atoms with Gasteiger partial charge in [-0.3, -0.25) is 0 Å². The molecule has 3 heteroatoms. The van der Waals surface area contributed by atoms with Crippen molar-refractivity contribution in [1.82, 2.24) is 4.90 Å². The molecule has 0 N–H and O–H groups in total. The molecule has 0 bridgehead atoms. The first-order chi connectivity index (χ1) is 9.37. The van der Waals surface area contributed by atoms with Crippen molar-refractivity contribution in [3.8, 4) is 0 Å². The van der Waals surface area contributed by atoms with E-state index in [0.717, 1.165) is 19.4 Å². The van der Waals surface area contributed by atoms with E-state index in [4.69, 9.17) is 0 Å². The molecule has 2 aliphatic rings. The zero-order valence-corrected chi connectivity index (χ0v) is 14.0. The van der Waals surface area contributed by atoms with Crippen molar-refractivity contribution in [2.75, 3.05) is 19.6 Å². The van der Waals surface area contributed by atoms with Crippen molar-refractivity contribution < 1.29 is 8.78 Å². The van der Waals surface area contributed by atoms with Crippen molar-refractivity contribution >= 4 is 0 Å². The van der Waals surface area contributed by atoms with Gasteiger partial charge in [0.1, 0.15) is 0 Å². The fourth-order valence-electron chi connectivity index (χ4n) is 3.56. The summed E-state index contributed by atoms with van der Waals surface area (Å²) in [4.78, 5) is 2.46. The Morgan fingerprint density at radius 1 is 1.15 bits per heavy atom. The quantitative estimate of drug-likeness (QED) is 0.687. The number of alkyl halides is 2. The van der Waals surface area contributed by atoms with Gasteiger partial charge >= 0.3 is 0 Å². The van der Waals surface area contributed by atoms with Gasteiger partial charge in [-0.2, -0.15) is 0 Å². The Balaban J connectivity index is 0.000000956. The second kappa shape index (κ2) is 7.20. The van der Waals surface area contributed by atoms with Crippen molar-refractivity contribution in [2.24, 2.45) is 17.3 Å². The lowest BCUT2D eigenvalue weighted by molar-refractivity contribution is -0.0848. The monoisotopic (exact) mass is 289 g/mol. The molecule has 2 fully saturated rings. The third-order valence-corrected chi connectivity index (χ3v) is 5.14. The Morgan fingerprint density at radius 3 is 2.05 bits per heavy atom. The van der Waals surface area contributed by atoms with Gasteiger partial charge in [0.2, 0.25) is 0 Å². The summed E-state index contributed by atoms with van der Waals surface area (Å²) in [5.74, 6) is -2.74. The van der Waals surface area contributed by atoms with E-state index in [2.05, 4.69) is 11.8 Å². The minimum Gasteiger partial charge on any atom is -0.302 e. The van der Waals surface area contributed by atoms with Gasteiger partial charge in [-0.15, -0.1) is 0 Å². The van der Waals surface area contributed by atoms with Crippen LogP contribution in [-0.2, 0) is 0 Å². The van der Waals surface area contributed by atoms with Crippen LogP contribution < -0.4 is 0 Å². The fraction of sp³-hybridized carbons (Fsp3) is 1.00. The molecule has 1 saturated heterocycles. The number of rotatable bonds is 4. The number of hydrogen-bond acceptors (Lipinski definition) is 1. The van der Waals surface area contributed by atoms with E-state index < -0.39 is 11.8 Å². The van der Waals surface area contributed by atoms with E-state index in [9.17, 15) is 8.78 Å². The van der Waals surface area contributed by atoms with Crippen LogP contribution in [0.5, 0.6) is 0 Å². The van der Waals surface area contributed by atoms with Crippen LogP contribution in [-0.4, -0.2) is 30.5 Å². The molecule has 20 heavy (non-hydrogen) atoms. The first-order valence-corrected chi connectivity index (χ1v) is 8.47. The van der Waals surface area contributed by atoms with Gasteiger partial charge < -0.3 is 4.90 Å². The van der Waals surface area contributed by atoms with Crippen molar-refractivity contribution in [1.29, 1.82) is 0 Å². The van der Waals surface area contributed by atoms with Crippen molar-refractivity contribution in [3.63, 3.8) is 0 Å². The van der Waals surface area contributed by atoms with E-state index in [1.54, 1.807) is 13.8 Å². The van der Waals surface area contributed by atoms with Gasteiger partial charge in [-0.25, -0.2) is 8.78 Å². The van der Waals surface area contributed by atoms with Crippen LogP contribution in [0, 0.1) is 17.3 Å². The second-order valence-electron chi connectivity index (χ2n) is 6.87. The summed E-state index contributed by atoms with van der Waals surface area (Å²) in [6, 6.07) is 0. The third-order valence-electron chi connectivity index (χ3n) is 5.14. The summed E-state index contributed by atoms with van der Waals surface area (Å²) in [6.45, 7) is 13.0. The molecule has 0 aromatic rings. The first-order valence-electron chi connectivity index (χ1n) is 8.47. The number of halogens is 2. The number of nitrogens with zero attached hydrogens (tertiary/aromatic N) is 1. The molecule has 1 aliphatic carbocycles. The summed E-state index contributed by atoms with van der Waals surface area (Å²) in [5, 5.41) is 0. The third kappa shape index (κ3) is 4.16. The number of hydrogen-bond donors (Lipinski definition) is 0. The van der Waals surface area contributed by atoms with Crippen LogP contribution in [0.15, 0.2) is 0 Å². The molecule has 0 aromatic heterocycles. The second-order valence-corrected chi connectivity index (χ2v) is 6.87. The zero-order valence-electron chi connectivity index (χ0n) is 14.0. The molecule has 0 radical (unpaired) electrons. The maximum absolute atomic E-state index is 13.7. The van der Waals surface area contributed by atoms with Gasteiger partial charge in [-0.1, -0.05) is 34.6 Å².